The van der Waals surface area contributed by atoms with Gasteiger partial charge in [-0.3, -0.25) is 14.5 Å². The van der Waals surface area contributed by atoms with Crippen molar-refractivity contribution in [2.75, 3.05) is 32.0 Å². The number of carbonyl (C=O) groups excluding carboxylic acids is 2. The fraction of sp³-hybridized carbons (Fsp3) is 0.556. The highest BCUT2D eigenvalue weighted by atomic mass is 35.5. The molecule has 1 N–H and O–H groups in total. The second kappa shape index (κ2) is 9.41. The van der Waals surface area contributed by atoms with Crippen LogP contribution in [-0.4, -0.2) is 54.3 Å². The highest BCUT2D eigenvalue weighted by Crippen LogP contribution is 2.25. The number of likely N-dealkylation sites (tertiary alicyclic amines) is 1. The molecule has 1 aliphatic rings. The van der Waals surface area contributed by atoms with E-state index in [1.54, 1.807) is 30.1 Å². The number of hydrogen-bond acceptors (Lipinski definition) is 3. The predicted molar refractivity (Wildman–Crippen MR) is 102 cm³/mol. The summed E-state index contributed by atoms with van der Waals surface area (Å²) in [4.78, 5) is 28.5. The summed E-state index contributed by atoms with van der Waals surface area (Å²) < 4.78 is 0. The Kier molecular flexibility index (Phi) is 7.54. The molecule has 2 rings (SSSR count). The van der Waals surface area contributed by atoms with Crippen molar-refractivity contribution in [1.82, 2.24) is 9.80 Å². The molecule has 5 nitrogen and oxygen atoms in total. The maximum atomic E-state index is 12.6. The summed E-state index contributed by atoms with van der Waals surface area (Å²) in [6.07, 6.45) is 4.47. The van der Waals surface area contributed by atoms with Gasteiger partial charge >= 0.3 is 0 Å². The van der Waals surface area contributed by atoms with E-state index < -0.39 is 0 Å². The van der Waals surface area contributed by atoms with E-state index in [1.165, 1.54) is 12.8 Å². The molecular weight excluding hydrogens is 361 g/mol. The van der Waals surface area contributed by atoms with Gasteiger partial charge in [-0.1, -0.05) is 36.0 Å². The Morgan fingerprint density at radius 1 is 1.16 bits per heavy atom. The van der Waals surface area contributed by atoms with Gasteiger partial charge in [0, 0.05) is 18.8 Å². The molecule has 1 aromatic carbocycles. The van der Waals surface area contributed by atoms with Gasteiger partial charge in [-0.25, -0.2) is 0 Å². The molecule has 1 fully saturated rings. The summed E-state index contributed by atoms with van der Waals surface area (Å²) in [6, 6.07) is 4.60. The van der Waals surface area contributed by atoms with E-state index in [4.69, 9.17) is 23.2 Å². The number of nitrogens with one attached hydrogen (secondary N) is 1. The molecular formula is C18H25Cl2N3O2. The van der Waals surface area contributed by atoms with Crippen LogP contribution < -0.4 is 5.32 Å². The minimum absolute atomic E-state index is 0.0896. The summed E-state index contributed by atoms with van der Waals surface area (Å²) in [6.45, 7) is 3.60. The van der Waals surface area contributed by atoms with Crippen molar-refractivity contribution in [2.45, 2.75) is 38.6 Å². The predicted octanol–water partition coefficient (Wildman–Crippen LogP) is 3.65. The number of benzene rings is 1. The Labute approximate surface area is 159 Å². The van der Waals surface area contributed by atoms with E-state index in [1.807, 2.05) is 11.8 Å². The van der Waals surface area contributed by atoms with Gasteiger partial charge < -0.3 is 10.2 Å². The van der Waals surface area contributed by atoms with Crippen molar-refractivity contribution in [3.63, 3.8) is 0 Å². The van der Waals surface area contributed by atoms with Crippen molar-refractivity contribution in [1.29, 1.82) is 0 Å². The summed E-state index contributed by atoms with van der Waals surface area (Å²) in [5, 5.41) is 3.60. The monoisotopic (exact) mass is 385 g/mol. The Morgan fingerprint density at radius 3 is 2.40 bits per heavy atom. The van der Waals surface area contributed by atoms with Crippen LogP contribution in [0, 0.1) is 0 Å². The highest BCUT2D eigenvalue weighted by Gasteiger charge is 2.25. The Hall–Kier alpha value is -1.30. The molecule has 1 heterocycles. The topological polar surface area (TPSA) is 52.7 Å². The van der Waals surface area contributed by atoms with Gasteiger partial charge in [-0.05, 0) is 45.0 Å². The number of amides is 2. The van der Waals surface area contributed by atoms with Gasteiger partial charge in [0.05, 0.1) is 22.6 Å². The van der Waals surface area contributed by atoms with Crippen molar-refractivity contribution in [3.8, 4) is 0 Å². The van der Waals surface area contributed by atoms with E-state index in [9.17, 15) is 9.59 Å². The molecule has 0 aliphatic carbocycles. The Morgan fingerprint density at radius 2 is 1.80 bits per heavy atom. The Bertz CT molecular complexity index is 616. The lowest BCUT2D eigenvalue weighted by Gasteiger charge is -2.29. The number of nitrogens with zero attached hydrogens (tertiary/aromatic N) is 2. The molecule has 0 aromatic heterocycles. The van der Waals surface area contributed by atoms with Gasteiger partial charge in [0.15, 0.2) is 0 Å². The number of hydrogen-bond donors (Lipinski definition) is 1. The fourth-order valence-electron chi connectivity index (χ4n) is 2.88. The zero-order chi connectivity index (χ0) is 18.4. The van der Waals surface area contributed by atoms with Crippen LogP contribution in [0.3, 0.4) is 0 Å². The molecule has 0 radical (unpaired) electrons. The van der Waals surface area contributed by atoms with Gasteiger partial charge in [0.1, 0.15) is 0 Å². The van der Waals surface area contributed by atoms with Crippen LogP contribution in [0.4, 0.5) is 5.69 Å². The highest BCUT2D eigenvalue weighted by molar-refractivity contribution is 6.42. The Balaban J connectivity index is 1.88. The molecule has 1 saturated heterocycles. The molecule has 2 amide bonds. The minimum Gasteiger partial charge on any atom is -0.341 e. The van der Waals surface area contributed by atoms with Gasteiger partial charge in [0.25, 0.3) is 0 Å². The van der Waals surface area contributed by atoms with Crippen LogP contribution in [0.1, 0.15) is 32.6 Å². The van der Waals surface area contributed by atoms with Crippen LogP contribution in [0.15, 0.2) is 18.2 Å². The lowest BCUT2D eigenvalue weighted by molar-refractivity contribution is -0.136. The summed E-state index contributed by atoms with van der Waals surface area (Å²) in [5.74, 6) is -0.108. The minimum atomic E-state index is -0.336. The smallest absolute Gasteiger partial charge is 0.239 e. The first kappa shape index (κ1) is 20.0. The maximum absolute atomic E-state index is 12.6. The van der Waals surface area contributed by atoms with E-state index in [0.717, 1.165) is 25.9 Å². The van der Waals surface area contributed by atoms with Crippen molar-refractivity contribution in [2.24, 2.45) is 0 Å². The van der Waals surface area contributed by atoms with Crippen LogP contribution in [-0.2, 0) is 9.59 Å². The molecule has 138 valence electrons. The number of halogens is 2. The fourth-order valence-corrected chi connectivity index (χ4v) is 3.18. The van der Waals surface area contributed by atoms with Crippen LogP contribution >= 0.6 is 23.2 Å². The molecule has 1 atom stereocenters. The average molecular weight is 386 g/mol. The number of anilines is 1. The molecule has 7 heteroatoms. The molecule has 0 bridgehead atoms. The van der Waals surface area contributed by atoms with E-state index in [2.05, 4.69) is 5.32 Å². The lowest BCUT2D eigenvalue weighted by Crippen LogP contribution is -2.48. The number of likely N-dealkylation sites (N-methyl/N-ethyl adjacent to an activating group) is 1. The molecule has 25 heavy (non-hydrogen) atoms. The summed E-state index contributed by atoms with van der Waals surface area (Å²) >= 11 is 11.8. The van der Waals surface area contributed by atoms with Gasteiger partial charge in [-0.2, -0.15) is 0 Å². The summed E-state index contributed by atoms with van der Waals surface area (Å²) in [5.41, 5.74) is 0.583. The first-order chi connectivity index (χ1) is 11.9. The van der Waals surface area contributed by atoms with Gasteiger partial charge in [-0.15, -0.1) is 0 Å². The molecule has 1 unspecified atom stereocenters. The molecule has 0 spiro atoms. The van der Waals surface area contributed by atoms with Crippen molar-refractivity contribution >= 4 is 40.7 Å². The van der Waals surface area contributed by atoms with Crippen LogP contribution in [0.2, 0.25) is 10.0 Å². The third-order valence-electron chi connectivity index (χ3n) is 4.53. The van der Waals surface area contributed by atoms with E-state index in [-0.39, 0.29) is 24.4 Å². The zero-order valence-electron chi connectivity index (χ0n) is 14.7. The van der Waals surface area contributed by atoms with E-state index >= 15 is 0 Å². The molecule has 1 aliphatic heterocycles. The normalized spacial score (nSPS) is 16.4. The SMILES string of the molecule is CC(C(=O)N1CCCCCC1)N(C)CC(=O)Nc1ccc(Cl)c(Cl)c1. The lowest BCUT2D eigenvalue weighted by atomic mass is 10.2. The zero-order valence-corrected chi connectivity index (χ0v) is 16.2. The first-order valence-electron chi connectivity index (χ1n) is 8.62. The molecule has 0 saturated carbocycles. The standard InChI is InChI=1S/C18H25Cl2N3O2/c1-13(18(25)23-9-5-3-4-6-10-23)22(2)12-17(24)21-14-7-8-15(19)16(20)11-14/h7-8,11,13H,3-6,9-10,12H2,1-2H3,(H,21,24). The maximum Gasteiger partial charge on any atom is 0.239 e. The van der Waals surface area contributed by atoms with Crippen LogP contribution in [0.5, 0.6) is 0 Å². The largest absolute Gasteiger partial charge is 0.341 e. The quantitative estimate of drug-likeness (QED) is 0.841. The second-order valence-electron chi connectivity index (χ2n) is 6.51. The summed E-state index contributed by atoms with van der Waals surface area (Å²) in [7, 11) is 1.79. The van der Waals surface area contributed by atoms with Crippen LogP contribution in [0.25, 0.3) is 0 Å². The number of carbonyl (C=O) groups is 2. The first-order valence-corrected chi connectivity index (χ1v) is 9.38. The third-order valence-corrected chi connectivity index (χ3v) is 5.27. The van der Waals surface area contributed by atoms with Gasteiger partial charge in [0.2, 0.25) is 11.8 Å². The third kappa shape index (κ3) is 5.87. The van der Waals surface area contributed by atoms with Crippen molar-refractivity contribution < 1.29 is 9.59 Å². The number of rotatable bonds is 5. The second-order valence-corrected chi connectivity index (χ2v) is 7.32. The van der Waals surface area contributed by atoms with Crippen molar-refractivity contribution in [3.05, 3.63) is 28.2 Å². The average Bonchev–Trinajstić information content (AvgIpc) is 2.86. The van der Waals surface area contributed by atoms with E-state index in [0.29, 0.717) is 15.7 Å². The molecule has 1 aromatic rings.